The molecule has 0 saturated carbocycles. The normalized spacial score (nSPS) is 28.1. The summed E-state index contributed by atoms with van der Waals surface area (Å²) in [5.41, 5.74) is 0. The lowest BCUT2D eigenvalue weighted by Crippen LogP contribution is -2.63. The maximum atomic E-state index is 3.56. The highest BCUT2D eigenvalue weighted by Gasteiger charge is 2.33. The summed E-state index contributed by atoms with van der Waals surface area (Å²) in [4.78, 5) is 5.57. The number of piperazine rings is 2. The second kappa shape index (κ2) is 11.5. The highest BCUT2D eigenvalue weighted by atomic mass is 15.4. The molecule has 0 amide bonds. The van der Waals surface area contributed by atoms with Gasteiger partial charge in [0, 0.05) is 51.4 Å². The van der Waals surface area contributed by atoms with Crippen molar-refractivity contribution in [2.45, 2.75) is 90.4 Å². The molecule has 2 aliphatic heterocycles. The van der Waals surface area contributed by atoms with Crippen LogP contribution in [0.25, 0.3) is 0 Å². The number of unbranched alkanes of at least 4 members (excludes halogenated alkanes) is 6. The molecule has 0 aromatic heterocycles. The molecule has 2 atom stereocenters. The lowest BCUT2D eigenvalue weighted by atomic mass is 10.0. The zero-order valence-corrected chi connectivity index (χ0v) is 16.5. The lowest BCUT2D eigenvalue weighted by Gasteiger charge is -2.48. The van der Waals surface area contributed by atoms with Crippen molar-refractivity contribution in [1.29, 1.82) is 0 Å². The quantitative estimate of drug-likeness (QED) is 0.600. The lowest BCUT2D eigenvalue weighted by molar-refractivity contribution is -0.0289. The molecule has 2 fully saturated rings. The van der Waals surface area contributed by atoms with Crippen molar-refractivity contribution in [1.82, 2.24) is 20.4 Å². The van der Waals surface area contributed by atoms with E-state index in [4.69, 9.17) is 0 Å². The average molecular weight is 339 g/mol. The monoisotopic (exact) mass is 338 g/mol. The fourth-order valence-electron chi connectivity index (χ4n) is 4.41. The number of nitrogens with zero attached hydrogens (tertiary/aromatic N) is 2. The molecule has 0 bridgehead atoms. The third kappa shape index (κ3) is 6.29. The molecular weight excluding hydrogens is 296 g/mol. The van der Waals surface area contributed by atoms with Crippen LogP contribution in [0.15, 0.2) is 0 Å². The van der Waals surface area contributed by atoms with Crippen molar-refractivity contribution in [3.63, 3.8) is 0 Å². The third-order valence-electron chi connectivity index (χ3n) is 5.94. The first-order valence-corrected chi connectivity index (χ1v) is 10.7. The molecule has 0 spiro atoms. The average Bonchev–Trinajstić information content (AvgIpc) is 2.59. The minimum Gasteiger partial charge on any atom is -0.314 e. The standard InChI is InChI=1S/C20H42N4/c1-4-5-6-7-8-9-10-11-20(23-14-12-21-16-18(23)2)24-15-13-22-17-19(24)3/h18-22H,4-17H2,1-3H3. The van der Waals surface area contributed by atoms with Crippen LogP contribution in [0.5, 0.6) is 0 Å². The van der Waals surface area contributed by atoms with Gasteiger partial charge in [-0.3, -0.25) is 9.80 Å². The molecular formula is C20H42N4. The van der Waals surface area contributed by atoms with Crippen molar-refractivity contribution in [2.24, 2.45) is 0 Å². The van der Waals surface area contributed by atoms with E-state index in [-0.39, 0.29) is 0 Å². The molecule has 2 saturated heterocycles. The Labute approximate surface area is 150 Å². The highest BCUT2D eigenvalue weighted by molar-refractivity contribution is 4.87. The van der Waals surface area contributed by atoms with E-state index in [1.54, 1.807) is 0 Å². The Morgan fingerprint density at radius 1 is 0.792 bits per heavy atom. The van der Waals surface area contributed by atoms with E-state index in [9.17, 15) is 0 Å². The van der Waals surface area contributed by atoms with E-state index >= 15 is 0 Å². The Morgan fingerprint density at radius 2 is 1.29 bits per heavy atom. The van der Waals surface area contributed by atoms with Gasteiger partial charge >= 0.3 is 0 Å². The zero-order valence-electron chi connectivity index (χ0n) is 16.5. The molecule has 24 heavy (non-hydrogen) atoms. The van der Waals surface area contributed by atoms with Crippen molar-refractivity contribution < 1.29 is 0 Å². The molecule has 2 N–H and O–H groups in total. The first kappa shape index (κ1) is 20.2. The summed E-state index contributed by atoms with van der Waals surface area (Å²) in [6.45, 7) is 14.1. The van der Waals surface area contributed by atoms with E-state index in [1.165, 1.54) is 64.5 Å². The van der Waals surface area contributed by atoms with E-state index in [0.29, 0.717) is 18.2 Å². The smallest absolute Gasteiger partial charge is 0.0628 e. The summed E-state index contributed by atoms with van der Waals surface area (Å²) < 4.78 is 0. The second-order valence-corrected chi connectivity index (χ2v) is 7.97. The van der Waals surface area contributed by atoms with Crippen LogP contribution >= 0.6 is 0 Å². The Hall–Kier alpha value is -0.160. The number of nitrogens with one attached hydrogen (secondary N) is 2. The number of rotatable bonds is 10. The van der Waals surface area contributed by atoms with Gasteiger partial charge in [-0.1, -0.05) is 51.9 Å². The second-order valence-electron chi connectivity index (χ2n) is 7.97. The molecule has 4 nitrogen and oxygen atoms in total. The fourth-order valence-corrected chi connectivity index (χ4v) is 4.41. The molecule has 2 unspecified atom stereocenters. The predicted molar refractivity (Wildman–Crippen MR) is 104 cm³/mol. The van der Waals surface area contributed by atoms with E-state index < -0.39 is 0 Å². The van der Waals surface area contributed by atoms with Gasteiger partial charge in [-0.15, -0.1) is 0 Å². The Kier molecular flexibility index (Phi) is 9.62. The molecule has 0 aromatic carbocycles. The molecule has 0 aromatic rings. The third-order valence-corrected chi connectivity index (χ3v) is 5.94. The van der Waals surface area contributed by atoms with Gasteiger partial charge in [-0.05, 0) is 20.3 Å². The minimum absolute atomic E-state index is 0.648. The van der Waals surface area contributed by atoms with E-state index in [0.717, 1.165) is 26.2 Å². The van der Waals surface area contributed by atoms with E-state index in [1.807, 2.05) is 0 Å². The summed E-state index contributed by atoms with van der Waals surface area (Å²) in [5, 5.41) is 7.11. The van der Waals surface area contributed by atoms with E-state index in [2.05, 4.69) is 41.2 Å². The highest BCUT2D eigenvalue weighted by Crippen LogP contribution is 2.22. The van der Waals surface area contributed by atoms with Gasteiger partial charge in [-0.2, -0.15) is 0 Å². The van der Waals surface area contributed by atoms with Gasteiger partial charge in [0.05, 0.1) is 6.17 Å². The van der Waals surface area contributed by atoms with Crippen molar-refractivity contribution >= 4 is 0 Å². The fraction of sp³-hybridized carbons (Fsp3) is 1.00. The molecule has 0 radical (unpaired) electrons. The van der Waals surface area contributed by atoms with Crippen LogP contribution in [0.1, 0.15) is 72.1 Å². The van der Waals surface area contributed by atoms with Gasteiger partial charge in [0.15, 0.2) is 0 Å². The molecule has 0 aliphatic carbocycles. The predicted octanol–water partition coefficient (Wildman–Crippen LogP) is 3.04. The van der Waals surface area contributed by atoms with Gasteiger partial charge in [0.25, 0.3) is 0 Å². The van der Waals surface area contributed by atoms with Crippen molar-refractivity contribution in [3.05, 3.63) is 0 Å². The topological polar surface area (TPSA) is 30.5 Å². The van der Waals surface area contributed by atoms with Crippen LogP contribution in [0.4, 0.5) is 0 Å². The van der Waals surface area contributed by atoms with Crippen LogP contribution in [0.3, 0.4) is 0 Å². The number of hydrogen-bond donors (Lipinski definition) is 2. The SMILES string of the molecule is CCCCCCCCCC(N1CCNCC1C)N1CCNCC1C. The maximum absolute atomic E-state index is 3.56. The van der Waals surface area contributed by atoms with Gasteiger partial charge < -0.3 is 10.6 Å². The van der Waals surface area contributed by atoms with Gasteiger partial charge in [0.1, 0.15) is 0 Å². The summed E-state index contributed by atoms with van der Waals surface area (Å²) in [6.07, 6.45) is 11.9. The Bertz CT molecular complexity index is 301. The zero-order chi connectivity index (χ0) is 17.2. The minimum atomic E-state index is 0.648. The summed E-state index contributed by atoms with van der Waals surface area (Å²) in [6, 6.07) is 1.32. The van der Waals surface area contributed by atoms with Crippen molar-refractivity contribution in [3.8, 4) is 0 Å². The molecule has 2 heterocycles. The molecule has 2 aliphatic rings. The number of hydrogen-bond acceptors (Lipinski definition) is 4. The van der Waals surface area contributed by atoms with Crippen LogP contribution in [-0.4, -0.2) is 67.3 Å². The summed E-state index contributed by atoms with van der Waals surface area (Å²) >= 11 is 0. The largest absolute Gasteiger partial charge is 0.314 e. The van der Waals surface area contributed by atoms with Crippen molar-refractivity contribution in [2.75, 3.05) is 39.3 Å². The van der Waals surface area contributed by atoms with Crippen LogP contribution in [-0.2, 0) is 0 Å². The van der Waals surface area contributed by atoms with Crippen LogP contribution in [0, 0.1) is 0 Å². The summed E-state index contributed by atoms with van der Waals surface area (Å²) in [7, 11) is 0. The van der Waals surface area contributed by atoms with Gasteiger partial charge in [-0.25, -0.2) is 0 Å². The molecule has 4 heteroatoms. The molecule has 142 valence electrons. The first-order chi connectivity index (χ1) is 11.7. The van der Waals surface area contributed by atoms with Gasteiger partial charge in [0.2, 0.25) is 0 Å². The first-order valence-electron chi connectivity index (χ1n) is 10.7. The summed E-state index contributed by atoms with van der Waals surface area (Å²) in [5.74, 6) is 0. The maximum Gasteiger partial charge on any atom is 0.0628 e. The Morgan fingerprint density at radius 3 is 1.79 bits per heavy atom. The molecule has 2 rings (SSSR count). The Balaban J connectivity index is 1.83. The van der Waals surface area contributed by atoms with Crippen LogP contribution < -0.4 is 10.6 Å². The van der Waals surface area contributed by atoms with Crippen LogP contribution in [0.2, 0.25) is 0 Å².